The summed E-state index contributed by atoms with van der Waals surface area (Å²) in [6.07, 6.45) is 7.49. The zero-order valence-corrected chi connectivity index (χ0v) is 39.4. The van der Waals surface area contributed by atoms with E-state index in [4.69, 9.17) is 29.1 Å². The van der Waals surface area contributed by atoms with Crippen molar-refractivity contribution in [3.05, 3.63) is 186 Å². The summed E-state index contributed by atoms with van der Waals surface area (Å²) in [4.78, 5) is 31.1. The highest BCUT2D eigenvalue weighted by Gasteiger charge is 2.28. The van der Waals surface area contributed by atoms with Gasteiger partial charge in [-0.25, -0.2) is 4.68 Å². The Labute approximate surface area is 411 Å². The van der Waals surface area contributed by atoms with E-state index < -0.39 is 0 Å². The molecule has 6 heterocycles. The van der Waals surface area contributed by atoms with Crippen molar-refractivity contribution in [1.82, 2.24) is 34.8 Å². The highest BCUT2D eigenvalue weighted by atomic mass is 16.7. The number of likely N-dealkylation sites (tertiary alicyclic amines) is 1. The first kappa shape index (κ1) is 44.9. The second-order valence-corrected chi connectivity index (χ2v) is 18.0. The van der Waals surface area contributed by atoms with Gasteiger partial charge in [0.1, 0.15) is 0 Å². The Kier molecular flexibility index (Phi) is 12.8. The van der Waals surface area contributed by atoms with E-state index >= 15 is 0 Å². The van der Waals surface area contributed by atoms with Gasteiger partial charge in [0.05, 0.1) is 28.8 Å². The van der Waals surface area contributed by atoms with Crippen LogP contribution in [0.5, 0.6) is 23.0 Å². The monoisotopic (exact) mass is 943 g/mol. The summed E-state index contributed by atoms with van der Waals surface area (Å²) in [5, 5.41) is 14.2. The van der Waals surface area contributed by atoms with Gasteiger partial charge in [-0.2, -0.15) is 10.2 Å². The van der Waals surface area contributed by atoms with Crippen molar-refractivity contribution in [2.24, 2.45) is 0 Å². The Hall–Kier alpha value is -8.58. The number of nitrogens with zero attached hydrogens (tertiary/aromatic N) is 5. The number of aryl methyl sites for hydroxylation is 2. The quantitative estimate of drug-likeness (QED) is 0.124. The van der Waals surface area contributed by atoms with Crippen molar-refractivity contribution in [1.29, 1.82) is 0 Å². The topological polar surface area (TPSA) is 138 Å². The molecule has 0 aliphatic carbocycles. The van der Waals surface area contributed by atoms with E-state index in [1.54, 1.807) is 6.07 Å². The van der Waals surface area contributed by atoms with Gasteiger partial charge in [0.15, 0.2) is 23.0 Å². The summed E-state index contributed by atoms with van der Waals surface area (Å²) >= 11 is 0. The first-order valence-electron chi connectivity index (χ1n) is 24.2. The molecule has 71 heavy (non-hydrogen) atoms. The summed E-state index contributed by atoms with van der Waals surface area (Å²) < 4.78 is 25.9. The Bertz CT molecular complexity index is 3320. The molecule has 13 heteroatoms. The van der Waals surface area contributed by atoms with Crippen molar-refractivity contribution < 1.29 is 28.5 Å². The van der Waals surface area contributed by atoms with Crippen molar-refractivity contribution >= 4 is 22.7 Å². The summed E-state index contributed by atoms with van der Waals surface area (Å²) in [5.41, 5.74) is 12.3. The molecule has 1 saturated heterocycles. The Morgan fingerprint density at radius 1 is 0.662 bits per heavy atom. The minimum absolute atomic E-state index is 0.0279. The largest absolute Gasteiger partial charge is 0.454 e. The summed E-state index contributed by atoms with van der Waals surface area (Å²) in [6.45, 7) is 4.49. The van der Waals surface area contributed by atoms with Crippen LogP contribution in [0.3, 0.4) is 0 Å². The molecule has 0 unspecified atom stereocenters. The molecule has 356 valence electrons. The van der Waals surface area contributed by atoms with Crippen molar-refractivity contribution in [2.75, 3.05) is 33.2 Å². The lowest BCUT2D eigenvalue weighted by atomic mass is 10.0. The summed E-state index contributed by atoms with van der Waals surface area (Å²) in [7, 11) is 0. The number of benzene rings is 6. The Morgan fingerprint density at radius 2 is 1.34 bits per heavy atom. The number of aromatic nitrogens is 5. The van der Waals surface area contributed by atoms with E-state index in [0.29, 0.717) is 55.3 Å². The maximum atomic E-state index is 13.1. The number of ether oxygens (including phenoxy) is 4. The van der Waals surface area contributed by atoms with Crippen LogP contribution in [0.1, 0.15) is 52.4 Å². The van der Waals surface area contributed by atoms with E-state index in [-0.39, 0.29) is 31.4 Å². The molecule has 0 atom stereocenters. The highest BCUT2D eigenvalue weighted by Crippen LogP contribution is 2.38. The maximum Gasteiger partial charge on any atom is 0.253 e. The molecule has 2 amide bonds. The third-order valence-electron chi connectivity index (χ3n) is 13.3. The average Bonchev–Trinajstić information content (AvgIpc) is 4.29. The first-order chi connectivity index (χ1) is 34.9. The number of H-pyrrole nitrogens is 1. The first-order valence-corrected chi connectivity index (χ1v) is 24.2. The van der Waals surface area contributed by atoms with Crippen LogP contribution in [0.25, 0.3) is 50.4 Å². The molecule has 3 aromatic heterocycles. The van der Waals surface area contributed by atoms with E-state index in [2.05, 4.69) is 82.6 Å². The van der Waals surface area contributed by atoms with Crippen LogP contribution in [-0.2, 0) is 17.6 Å². The van der Waals surface area contributed by atoms with Crippen LogP contribution in [0.2, 0.25) is 0 Å². The Balaban J connectivity index is 0.000000155. The van der Waals surface area contributed by atoms with Crippen LogP contribution in [0.4, 0.5) is 0 Å². The number of para-hydroxylation sites is 1. The van der Waals surface area contributed by atoms with Crippen LogP contribution in [0.15, 0.2) is 164 Å². The lowest BCUT2D eigenvalue weighted by Crippen LogP contribution is -2.39. The van der Waals surface area contributed by atoms with Gasteiger partial charge in [-0.1, -0.05) is 90.5 Å². The number of fused-ring (bicyclic) bond motifs is 3. The number of piperidine rings is 1. The van der Waals surface area contributed by atoms with Gasteiger partial charge in [-0.15, -0.1) is 0 Å². The van der Waals surface area contributed by atoms with Crippen molar-refractivity contribution in [2.45, 2.75) is 45.1 Å². The number of nitrogens with one attached hydrogen (secondary N) is 2. The molecule has 12 rings (SSSR count). The third kappa shape index (κ3) is 9.84. The number of hydrogen-bond donors (Lipinski definition) is 2. The molecule has 6 aromatic carbocycles. The number of aromatic amines is 1. The minimum atomic E-state index is 0.0279. The van der Waals surface area contributed by atoms with Gasteiger partial charge in [0.2, 0.25) is 19.5 Å². The maximum absolute atomic E-state index is 13.1. The second-order valence-electron chi connectivity index (χ2n) is 18.0. The van der Waals surface area contributed by atoms with Crippen LogP contribution < -0.4 is 24.3 Å². The van der Waals surface area contributed by atoms with Gasteiger partial charge in [0, 0.05) is 66.0 Å². The molecule has 0 saturated carbocycles. The van der Waals surface area contributed by atoms with Crippen LogP contribution in [-0.4, -0.2) is 74.5 Å². The molecule has 1 fully saturated rings. The van der Waals surface area contributed by atoms with Gasteiger partial charge in [0.25, 0.3) is 5.91 Å². The minimum Gasteiger partial charge on any atom is -0.454 e. The number of carbonyl (C=O) groups excluding carboxylic acids is 2. The zero-order chi connectivity index (χ0) is 48.1. The van der Waals surface area contributed by atoms with Crippen molar-refractivity contribution in [3.8, 4) is 62.5 Å². The smallest absolute Gasteiger partial charge is 0.253 e. The average molecular weight is 944 g/mol. The summed E-state index contributed by atoms with van der Waals surface area (Å²) in [6, 6.07) is 50.7. The fourth-order valence-corrected chi connectivity index (χ4v) is 9.54. The number of rotatable bonds is 12. The fourth-order valence-electron chi connectivity index (χ4n) is 9.54. The predicted octanol–water partition coefficient (Wildman–Crippen LogP) is 10.8. The number of carbonyl (C=O) groups is 2. The molecule has 0 bridgehead atoms. The lowest BCUT2D eigenvalue weighted by molar-refractivity contribution is -0.121. The SMILES string of the molecule is Cc1ccc2[nH]cc(CCNC(=O)CCc3cn(-c4ccccc4)nc3-c3ccc4c(c3)OCO4)c2c1.O=C(c1ccc2c(c1)OCO2)N1CCC(n2nc(-c3ccccc3)cc2-c2ccccc2)CC1. The van der Waals surface area contributed by atoms with Crippen LogP contribution in [0, 0.1) is 6.92 Å². The zero-order valence-electron chi connectivity index (χ0n) is 39.4. The molecule has 0 radical (unpaired) electrons. The number of hydrogen-bond acceptors (Lipinski definition) is 8. The standard InChI is InChI=1S/C30H28N4O3.C28H25N3O3/c1-20-7-10-26-25(15-20)22(17-32-26)13-14-31-29(35)12-9-23-18-34(24-5-3-2-4-6-24)33-30(23)21-8-11-27-28(16-21)37-19-36-27;32-28(22-11-12-26-27(17-22)34-19-33-26)30-15-13-23(14-16-30)31-25(21-9-5-2-6-10-21)18-24(29-31)20-7-3-1-4-8-20/h2-8,10-11,15-18,32H,9,12-14,19H2,1H3,(H,31,35);1-12,17-18,23H,13-16,19H2. The fraction of sp³-hybridized carbons (Fsp3) is 0.207. The highest BCUT2D eigenvalue weighted by molar-refractivity contribution is 5.95. The van der Waals surface area contributed by atoms with Gasteiger partial charge >= 0.3 is 0 Å². The number of amides is 2. The van der Waals surface area contributed by atoms with Gasteiger partial charge in [-0.05, 0) is 116 Å². The Morgan fingerprint density at radius 3 is 2.08 bits per heavy atom. The lowest BCUT2D eigenvalue weighted by Gasteiger charge is -2.33. The molecule has 0 spiro atoms. The molecular weight excluding hydrogens is 891 g/mol. The molecule has 2 N–H and O–H groups in total. The second kappa shape index (κ2) is 20.2. The van der Waals surface area contributed by atoms with Gasteiger partial charge in [-0.3, -0.25) is 14.3 Å². The molecule has 3 aliphatic heterocycles. The van der Waals surface area contributed by atoms with E-state index in [1.807, 2.05) is 107 Å². The summed E-state index contributed by atoms with van der Waals surface area (Å²) in [5.74, 6) is 2.83. The third-order valence-corrected chi connectivity index (χ3v) is 13.3. The van der Waals surface area contributed by atoms with E-state index in [0.717, 1.165) is 75.6 Å². The van der Waals surface area contributed by atoms with Crippen LogP contribution >= 0.6 is 0 Å². The van der Waals surface area contributed by atoms with E-state index in [9.17, 15) is 9.59 Å². The van der Waals surface area contributed by atoms with E-state index in [1.165, 1.54) is 16.5 Å². The predicted molar refractivity (Wildman–Crippen MR) is 273 cm³/mol. The molecular formula is C58H53N7O6. The molecule has 13 nitrogen and oxygen atoms in total. The normalized spacial score (nSPS) is 13.8. The molecule has 3 aliphatic rings. The van der Waals surface area contributed by atoms with Crippen molar-refractivity contribution in [3.63, 3.8) is 0 Å². The molecule has 9 aromatic rings. The van der Waals surface area contributed by atoms with Gasteiger partial charge < -0.3 is 34.1 Å².